The van der Waals surface area contributed by atoms with E-state index >= 15 is 0 Å². The van der Waals surface area contributed by atoms with E-state index in [4.69, 9.17) is 24.4 Å². The van der Waals surface area contributed by atoms with Gasteiger partial charge in [0.2, 0.25) is 0 Å². The number of hydrogen-bond donors (Lipinski definition) is 2. The molecule has 0 saturated heterocycles. The summed E-state index contributed by atoms with van der Waals surface area (Å²) in [6.45, 7) is 12.7. The van der Waals surface area contributed by atoms with Crippen LogP contribution in [0.1, 0.15) is 138 Å². The summed E-state index contributed by atoms with van der Waals surface area (Å²) < 4.78 is 16.6. The number of ether oxygens (including phenoxy) is 3. The van der Waals surface area contributed by atoms with Crippen LogP contribution in [0.2, 0.25) is 0 Å². The number of hydrogen-bond acceptors (Lipinski definition) is 8. The number of carbonyl (C=O) groups is 5. The van der Waals surface area contributed by atoms with Crippen LogP contribution in [-0.2, 0) is 38.2 Å². The Balaban J connectivity index is 1.40. The molecule has 4 aliphatic carbocycles. The molecule has 10 heteroatoms. The van der Waals surface area contributed by atoms with Crippen molar-refractivity contribution in [3.63, 3.8) is 0 Å². The van der Waals surface area contributed by atoms with Gasteiger partial charge in [0.25, 0.3) is 0 Å². The Hall–Kier alpha value is -2.91. The Bertz CT molecular complexity index is 1250. The summed E-state index contributed by atoms with van der Waals surface area (Å²) in [6, 6.07) is 0. The molecule has 4 aliphatic rings. The molecule has 282 valence electrons. The van der Waals surface area contributed by atoms with Crippen LogP contribution in [0.5, 0.6) is 0 Å². The predicted molar refractivity (Wildman–Crippen MR) is 187 cm³/mol. The quantitative estimate of drug-likeness (QED) is 0.0873. The molecule has 3 fully saturated rings. The van der Waals surface area contributed by atoms with Gasteiger partial charge in [-0.15, -0.1) is 0 Å². The standard InChI is InChI=1S/C40H62O10/c1-25(2)8-7-9-26(3)30-12-13-31-29-11-10-27-22-28(18-20-39(27,5)32(29)19-21-40(30,31)6)50-37(47)38(4,23-48-35(45)16-14-33(41)42)24-49-36(46)17-15-34(43)44/h10,25-26,28-32H,7-9,11-24H2,1-6H3,(H,41,42)(H,43,44)/t26-,28+,29-,30+,31-,32-,39+,40-/m1/s1. The highest BCUT2D eigenvalue weighted by Crippen LogP contribution is 2.67. The van der Waals surface area contributed by atoms with E-state index in [1.165, 1.54) is 57.4 Å². The predicted octanol–water partition coefficient (Wildman–Crippen LogP) is 7.76. The van der Waals surface area contributed by atoms with Gasteiger partial charge in [-0.1, -0.05) is 65.5 Å². The third-order valence-corrected chi connectivity index (χ3v) is 13.2. The Kier molecular flexibility index (Phi) is 13.3. The van der Waals surface area contributed by atoms with Crippen LogP contribution in [0.4, 0.5) is 0 Å². The number of fused-ring (bicyclic) bond motifs is 5. The van der Waals surface area contributed by atoms with Gasteiger partial charge in [0.1, 0.15) is 24.7 Å². The average Bonchev–Trinajstić information content (AvgIpc) is 3.41. The number of rotatable bonds is 17. The number of carboxylic acids is 2. The van der Waals surface area contributed by atoms with E-state index in [-0.39, 0.29) is 24.4 Å². The lowest BCUT2D eigenvalue weighted by Crippen LogP contribution is -2.51. The minimum Gasteiger partial charge on any atom is -0.481 e. The van der Waals surface area contributed by atoms with Gasteiger partial charge in [-0.25, -0.2) is 0 Å². The van der Waals surface area contributed by atoms with Crippen LogP contribution in [0.25, 0.3) is 0 Å². The smallest absolute Gasteiger partial charge is 0.319 e. The molecule has 0 aromatic heterocycles. The van der Waals surface area contributed by atoms with Gasteiger partial charge in [-0.3, -0.25) is 24.0 Å². The normalized spacial score (nSPS) is 31.0. The largest absolute Gasteiger partial charge is 0.481 e. The summed E-state index contributed by atoms with van der Waals surface area (Å²) in [4.78, 5) is 59.9. The van der Waals surface area contributed by atoms with Gasteiger partial charge in [0, 0.05) is 6.42 Å². The van der Waals surface area contributed by atoms with Gasteiger partial charge >= 0.3 is 29.8 Å². The van der Waals surface area contributed by atoms with E-state index in [1.54, 1.807) is 0 Å². The van der Waals surface area contributed by atoms with Gasteiger partial charge in [0.05, 0.1) is 25.7 Å². The van der Waals surface area contributed by atoms with Crippen LogP contribution < -0.4 is 0 Å². The fraction of sp³-hybridized carbons (Fsp3) is 0.825. The minimum absolute atomic E-state index is 0.0662. The van der Waals surface area contributed by atoms with Crippen molar-refractivity contribution >= 4 is 29.8 Å². The van der Waals surface area contributed by atoms with E-state index in [2.05, 4.69) is 40.7 Å². The van der Waals surface area contributed by atoms with E-state index in [1.807, 2.05) is 0 Å². The number of aliphatic carboxylic acids is 2. The first-order chi connectivity index (χ1) is 23.5. The highest BCUT2D eigenvalue weighted by Gasteiger charge is 2.59. The maximum atomic E-state index is 13.7. The molecule has 10 nitrogen and oxygen atoms in total. The second kappa shape index (κ2) is 16.6. The fourth-order valence-electron chi connectivity index (χ4n) is 10.2. The Morgan fingerprint density at radius 3 is 2.04 bits per heavy atom. The molecule has 4 rings (SSSR count). The third kappa shape index (κ3) is 9.30. The van der Waals surface area contributed by atoms with Crippen molar-refractivity contribution in [1.82, 2.24) is 0 Å². The number of allylic oxidation sites excluding steroid dienone is 1. The molecule has 0 spiro atoms. The van der Waals surface area contributed by atoms with Crippen molar-refractivity contribution in [2.75, 3.05) is 13.2 Å². The molecule has 8 atom stereocenters. The lowest BCUT2D eigenvalue weighted by atomic mass is 9.47. The monoisotopic (exact) mass is 702 g/mol. The number of esters is 3. The van der Waals surface area contributed by atoms with Crippen molar-refractivity contribution < 1.29 is 48.4 Å². The summed E-state index contributed by atoms with van der Waals surface area (Å²) in [5, 5.41) is 17.8. The molecule has 2 N–H and O–H groups in total. The Morgan fingerprint density at radius 2 is 1.46 bits per heavy atom. The summed E-state index contributed by atoms with van der Waals surface area (Å²) in [7, 11) is 0. The van der Waals surface area contributed by atoms with Crippen molar-refractivity contribution in [1.29, 1.82) is 0 Å². The molecule has 0 aromatic carbocycles. The Morgan fingerprint density at radius 1 is 0.840 bits per heavy atom. The lowest BCUT2D eigenvalue weighted by molar-refractivity contribution is -0.176. The summed E-state index contributed by atoms with van der Waals surface area (Å²) >= 11 is 0. The molecule has 0 aliphatic heterocycles. The van der Waals surface area contributed by atoms with E-state index in [0.717, 1.165) is 36.5 Å². The molecule has 3 saturated carbocycles. The molecular formula is C40H62O10. The van der Waals surface area contributed by atoms with Crippen molar-refractivity contribution in [2.45, 2.75) is 144 Å². The second-order valence-corrected chi connectivity index (χ2v) is 17.2. The average molecular weight is 703 g/mol. The summed E-state index contributed by atoms with van der Waals surface area (Å²) in [5.41, 5.74) is 0.288. The zero-order valence-corrected chi connectivity index (χ0v) is 31.3. The fourth-order valence-corrected chi connectivity index (χ4v) is 10.2. The third-order valence-electron chi connectivity index (χ3n) is 13.2. The molecule has 0 heterocycles. The van der Waals surface area contributed by atoms with Crippen LogP contribution in [0.15, 0.2) is 11.6 Å². The van der Waals surface area contributed by atoms with Crippen LogP contribution in [0, 0.1) is 51.8 Å². The van der Waals surface area contributed by atoms with Gasteiger partial charge in [-0.05, 0) is 98.2 Å². The molecule has 0 unspecified atom stereocenters. The number of carboxylic acid groups (broad SMARTS) is 2. The summed E-state index contributed by atoms with van der Waals surface area (Å²) in [5.74, 6) is -0.183. The zero-order chi connectivity index (χ0) is 36.9. The topological polar surface area (TPSA) is 154 Å². The lowest BCUT2D eigenvalue weighted by Gasteiger charge is -2.58. The molecule has 0 amide bonds. The molecule has 0 bridgehead atoms. The summed E-state index contributed by atoms with van der Waals surface area (Å²) in [6.07, 6.45) is 13.0. The van der Waals surface area contributed by atoms with Gasteiger partial charge < -0.3 is 24.4 Å². The highest BCUT2D eigenvalue weighted by atomic mass is 16.6. The van der Waals surface area contributed by atoms with E-state index < -0.39 is 61.3 Å². The maximum absolute atomic E-state index is 13.7. The molecule has 0 aromatic rings. The molecule has 50 heavy (non-hydrogen) atoms. The minimum atomic E-state index is -1.55. The van der Waals surface area contributed by atoms with Crippen LogP contribution >= 0.6 is 0 Å². The van der Waals surface area contributed by atoms with Crippen LogP contribution in [-0.4, -0.2) is 59.4 Å². The van der Waals surface area contributed by atoms with E-state index in [9.17, 15) is 24.0 Å². The SMILES string of the molecule is CC(C)CCC[C@@H](C)[C@@H]1CC[C@@H]2[C@H]3CC=C4C[C@@H](OC(=O)C(C)(COC(=O)CCC(=O)O)COC(=O)CCC(=O)O)CC[C@]4(C)[C@@H]3CC[C@@]21C. The zero-order valence-electron chi connectivity index (χ0n) is 31.3. The van der Waals surface area contributed by atoms with Gasteiger partial charge in [-0.2, -0.15) is 0 Å². The first-order valence-electron chi connectivity index (χ1n) is 19.1. The van der Waals surface area contributed by atoms with Crippen molar-refractivity contribution in [3.8, 4) is 0 Å². The van der Waals surface area contributed by atoms with Crippen molar-refractivity contribution in [2.24, 2.45) is 51.8 Å². The molecular weight excluding hydrogens is 640 g/mol. The van der Waals surface area contributed by atoms with Crippen LogP contribution in [0.3, 0.4) is 0 Å². The van der Waals surface area contributed by atoms with E-state index in [0.29, 0.717) is 30.1 Å². The van der Waals surface area contributed by atoms with Crippen molar-refractivity contribution in [3.05, 3.63) is 11.6 Å². The molecule has 0 radical (unpaired) electrons. The highest BCUT2D eigenvalue weighted by molar-refractivity contribution is 5.80. The first kappa shape index (κ1) is 39.9. The first-order valence-corrected chi connectivity index (χ1v) is 19.1. The number of carbonyl (C=O) groups excluding carboxylic acids is 3. The maximum Gasteiger partial charge on any atom is 0.319 e. The second-order valence-electron chi connectivity index (χ2n) is 17.2. The Labute approximate surface area is 298 Å². The van der Waals surface area contributed by atoms with Gasteiger partial charge in [0.15, 0.2) is 0 Å².